The van der Waals surface area contributed by atoms with Gasteiger partial charge in [0.1, 0.15) is 5.69 Å². The van der Waals surface area contributed by atoms with E-state index < -0.39 is 5.79 Å². The molecule has 148 valence electrons. The Hall–Kier alpha value is -2.51. The minimum atomic E-state index is -0.493. The fourth-order valence-electron chi connectivity index (χ4n) is 3.86. The monoisotopic (exact) mass is 382 g/mol. The molecule has 0 saturated carbocycles. The lowest BCUT2D eigenvalue weighted by atomic mass is 10.0. The molecule has 2 fully saturated rings. The molecule has 7 nitrogen and oxygen atoms in total. The van der Waals surface area contributed by atoms with E-state index in [9.17, 15) is 4.79 Å². The molecular weight excluding hydrogens is 356 g/mol. The molecular formula is C21H26N4O3. The first kappa shape index (κ1) is 18.8. The van der Waals surface area contributed by atoms with E-state index in [0.29, 0.717) is 50.8 Å². The summed E-state index contributed by atoms with van der Waals surface area (Å²) in [6.07, 6.45) is 1.38. The van der Waals surface area contributed by atoms with E-state index in [1.807, 2.05) is 43.9 Å². The number of aryl methyl sites for hydroxylation is 3. The van der Waals surface area contributed by atoms with Gasteiger partial charge in [0, 0.05) is 37.3 Å². The molecule has 3 heterocycles. The number of ether oxygens (including phenoxy) is 2. The molecule has 7 heteroatoms. The highest BCUT2D eigenvalue weighted by Gasteiger charge is 2.41. The summed E-state index contributed by atoms with van der Waals surface area (Å²) in [6, 6.07) is 7.83. The predicted octanol–water partition coefficient (Wildman–Crippen LogP) is 3.12. The molecule has 0 bridgehead atoms. The minimum Gasteiger partial charge on any atom is -0.347 e. The highest BCUT2D eigenvalue weighted by Crippen LogP contribution is 2.31. The summed E-state index contributed by atoms with van der Waals surface area (Å²) in [4.78, 5) is 23.8. The Morgan fingerprint density at radius 2 is 1.71 bits per heavy atom. The van der Waals surface area contributed by atoms with Crippen LogP contribution in [0.5, 0.6) is 0 Å². The zero-order chi connectivity index (χ0) is 19.7. The second-order valence-electron chi connectivity index (χ2n) is 7.51. The van der Waals surface area contributed by atoms with Gasteiger partial charge in [0.15, 0.2) is 5.79 Å². The molecule has 0 atom stereocenters. The second kappa shape index (κ2) is 7.48. The summed E-state index contributed by atoms with van der Waals surface area (Å²) in [5.41, 5.74) is 4.35. The van der Waals surface area contributed by atoms with Crippen LogP contribution in [0.3, 0.4) is 0 Å². The Labute approximate surface area is 165 Å². The second-order valence-corrected chi connectivity index (χ2v) is 7.51. The van der Waals surface area contributed by atoms with E-state index in [4.69, 9.17) is 9.47 Å². The molecule has 0 aliphatic carbocycles. The van der Waals surface area contributed by atoms with E-state index in [1.54, 1.807) is 6.07 Å². The first-order valence-corrected chi connectivity index (χ1v) is 9.72. The van der Waals surface area contributed by atoms with Crippen LogP contribution in [-0.2, 0) is 9.47 Å². The van der Waals surface area contributed by atoms with E-state index in [-0.39, 0.29) is 5.91 Å². The first-order valence-electron chi connectivity index (χ1n) is 9.72. The maximum Gasteiger partial charge on any atom is 0.272 e. The van der Waals surface area contributed by atoms with Crippen molar-refractivity contribution in [2.24, 2.45) is 0 Å². The zero-order valence-electron chi connectivity index (χ0n) is 16.6. The molecule has 2 aromatic rings. The van der Waals surface area contributed by atoms with Crippen molar-refractivity contribution >= 4 is 17.5 Å². The van der Waals surface area contributed by atoms with Crippen LogP contribution in [0, 0.1) is 20.8 Å². The van der Waals surface area contributed by atoms with E-state index in [0.717, 1.165) is 22.5 Å². The van der Waals surface area contributed by atoms with Gasteiger partial charge in [-0.2, -0.15) is 0 Å². The normalized spacial score (nSPS) is 18.5. The Bertz CT molecular complexity index is 863. The molecule has 1 N–H and O–H groups in total. The molecule has 1 aromatic carbocycles. The van der Waals surface area contributed by atoms with Crippen LogP contribution in [-0.4, -0.2) is 52.9 Å². The Kier molecular flexibility index (Phi) is 5.03. The van der Waals surface area contributed by atoms with E-state index in [1.165, 1.54) is 0 Å². The van der Waals surface area contributed by atoms with E-state index >= 15 is 0 Å². The highest BCUT2D eigenvalue weighted by atomic mass is 16.7. The van der Waals surface area contributed by atoms with Crippen molar-refractivity contribution in [3.05, 3.63) is 46.8 Å². The summed E-state index contributed by atoms with van der Waals surface area (Å²) in [6.45, 7) is 8.41. The Morgan fingerprint density at radius 3 is 2.36 bits per heavy atom. The van der Waals surface area contributed by atoms with Crippen molar-refractivity contribution in [2.45, 2.75) is 39.4 Å². The zero-order valence-corrected chi connectivity index (χ0v) is 16.6. The molecule has 2 saturated heterocycles. The molecule has 1 amide bonds. The number of nitrogens with one attached hydrogen (secondary N) is 1. The molecule has 1 spiro atoms. The van der Waals surface area contributed by atoms with Gasteiger partial charge >= 0.3 is 0 Å². The molecule has 0 unspecified atom stereocenters. The molecule has 4 rings (SSSR count). The lowest BCUT2D eigenvalue weighted by molar-refractivity contribution is -0.181. The third-order valence-corrected chi connectivity index (χ3v) is 5.42. The maximum absolute atomic E-state index is 13.0. The van der Waals surface area contributed by atoms with Crippen molar-refractivity contribution in [3.63, 3.8) is 0 Å². The summed E-state index contributed by atoms with van der Waals surface area (Å²) < 4.78 is 11.5. The van der Waals surface area contributed by atoms with Gasteiger partial charge in [-0.3, -0.25) is 4.79 Å². The third-order valence-electron chi connectivity index (χ3n) is 5.42. The van der Waals surface area contributed by atoms with Gasteiger partial charge < -0.3 is 19.7 Å². The lowest BCUT2D eigenvalue weighted by Crippen LogP contribution is -2.47. The van der Waals surface area contributed by atoms with Crippen LogP contribution in [0.1, 0.15) is 40.2 Å². The van der Waals surface area contributed by atoms with Crippen LogP contribution >= 0.6 is 0 Å². The van der Waals surface area contributed by atoms with Gasteiger partial charge in [-0.15, -0.1) is 0 Å². The highest BCUT2D eigenvalue weighted by molar-refractivity contribution is 5.92. The Morgan fingerprint density at radius 1 is 1.07 bits per heavy atom. The van der Waals surface area contributed by atoms with Crippen LogP contribution < -0.4 is 5.32 Å². The number of anilines is 2. The number of carbonyl (C=O) groups is 1. The van der Waals surface area contributed by atoms with Crippen molar-refractivity contribution in [1.82, 2.24) is 14.9 Å². The summed E-state index contributed by atoms with van der Waals surface area (Å²) >= 11 is 0. The largest absolute Gasteiger partial charge is 0.347 e. The third kappa shape index (κ3) is 3.72. The van der Waals surface area contributed by atoms with Gasteiger partial charge in [0.2, 0.25) is 5.95 Å². The standard InChI is InChI=1S/C21H26N4O3/c1-14-5-4-6-15(2)18(14)24-20-22-16(3)13-17(23-20)19(26)25-9-7-21(8-10-25)27-11-12-28-21/h4-6,13H,7-12H2,1-3H3,(H,22,23,24). The molecule has 28 heavy (non-hydrogen) atoms. The number of para-hydroxylation sites is 1. The predicted molar refractivity (Wildman–Crippen MR) is 106 cm³/mol. The van der Waals surface area contributed by atoms with Gasteiger partial charge in [-0.25, -0.2) is 9.97 Å². The fraction of sp³-hybridized carbons (Fsp3) is 0.476. The number of likely N-dealkylation sites (tertiary alicyclic amines) is 1. The number of amides is 1. The summed E-state index contributed by atoms with van der Waals surface area (Å²) in [5, 5.41) is 3.29. The lowest BCUT2D eigenvalue weighted by Gasteiger charge is -2.37. The number of nitrogens with zero attached hydrogens (tertiary/aromatic N) is 3. The minimum absolute atomic E-state index is 0.0806. The van der Waals surface area contributed by atoms with Gasteiger partial charge in [-0.1, -0.05) is 18.2 Å². The van der Waals surface area contributed by atoms with Crippen molar-refractivity contribution in [1.29, 1.82) is 0 Å². The van der Waals surface area contributed by atoms with Crippen LogP contribution in [0.4, 0.5) is 11.6 Å². The maximum atomic E-state index is 13.0. The smallest absolute Gasteiger partial charge is 0.272 e. The molecule has 2 aliphatic rings. The number of piperidine rings is 1. The Balaban J connectivity index is 1.51. The number of benzene rings is 1. The molecule has 1 aromatic heterocycles. The number of aromatic nitrogens is 2. The molecule has 0 radical (unpaired) electrons. The number of rotatable bonds is 3. The van der Waals surface area contributed by atoms with Crippen molar-refractivity contribution < 1.29 is 14.3 Å². The van der Waals surface area contributed by atoms with Crippen molar-refractivity contribution in [3.8, 4) is 0 Å². The average Bonchev–Trinajstić information content (AvgIpc) is 3.12. The average molecular weight is 382 g/mol. The number of hydrogen-bond donors (Lipinski definition) is 1. The van der Waals surface area contributed by atoms with Gasteiger partial charge in [-0.05, 0) is 38.0 Å². The quantitative estimate of drug-likeness (QED) is 0.879. The number of carbonyl (C=O) groups excluding carboxylic acids is 1. The van der Waals surface area contributed by atoms with Crippen LogP contribution in [0.15, 0.2) is 24.3 Å². The SMILES string of the molecule is Cc1cc(C(=O)N2CCC3(CC2)OCCO3)nc(Nc2c(C)cccc2C)n1. The first-order chi connectivity index (χ1) is 13.5. The van der Waals surface area contributed by atoms with E-state index in [2.05, 4.69) is 15.3 Å². The topological polar surface area (TPSA) is 76.6 Å². The van der Waals surface area contributed by atoms with Crippen LogP contribution in [0.25, 0.3) is 0 Å². The molecule has 2 aliphatic heterocycles. The summed E-state index contributed by atoms with van der Waals surface area (Å²) in [7, 11) is 0. The van der Waals surface area contributed by atoms with Gasteiger partial charge in [0.05, 0.1) is 13.2 Å². The number of hydrogen-bond acceptors (Lipinski definition) is 6. The fourth-order valence-corrected chi connectivity index (χ4v) is 3.86. The van der Waals surface area contributed by atoms with Gasteiger partial charge in [0.25, 0.3) is 5.91 Å². The van der Waals surface area contributed by atoms with Crippen LogP contribution in [0.2, 0.25) is 0 Å². The summed E-state index contributed by atoms with van der Waals surface area (Å²) in [5.74, 6) is -0.132. The van der Waals surface area contributed by atoms with Crippen molar-refractivity contribution in [2.75, 3.05) is 31.6 Å².